The summed E-state index contributed by atoms with van der Waals surface area (Å²) in [6, 6.07) is 12.3. The van der Waals surface area contributed by atoms with Crippen LogP contribution < -0.4 is 20.7 Å². The molecule has 0 unspecified atom stereocenters. The van der Waals surface area contributed by atoms with Gasteiger partial charge in [0.15, 0.2) is 0 Å². The maximum atomic E-state index is 12.2. The maximum absolute atomic E-state index is 12.2. The number of benzene rings is 2. The van der Waals surface area contributed by atoms with Crippen LogP contribution in [-0.2, 0) is 20.8 Å². The molecule has 0 aliphatic heterocycles. The van der Waals surface area contributed by atoms with Crippen LogP contribution in [0.1, 0.15) is 18.9 Å². The van der Waals surface area contributed by atoms with Crippen molar-refractivity contribution in [2.24, 2.45) is 0 Å². The number of carbonyl (C=O) groups is 3. The Morgan fingerprint density at radius 2 is 1.68 bits per heavy atom. The molecule has 0 aromatic heterocycles. The summed E-state index contributed by atoms with van der Waals surface area (Å²) in [7, 11) is 1.51. The van der Waals surface area contributed by atoms with Gasteiger partial charge < -0.3 is 20.7 Å². The first kappa shape index (κ1) is 20.7. The summed E-state index contributed by atoms with van der Waals surface area (Å²) >= 11 is 0. The van der Waals surface area contributed by atoms with E-state index >= 15 is 0 Å². The van der Waals surface area contributed by atoms with Gasteiger partial charge in [0.05, 0.1) is 12.8 Å². The third-order valence-corrected chi connectivity index (χ3v) is 3.84. The van der Waals surface area contributed by atoms with Gasteiger partial charge in [0.25, 0.3) is 0 Å². The Labute approximate surface area is 163 Å². The Balaban J connectivity index is 1.92. The van der Waals surface area contributed by atoms with E-state index in [-0.39, 0.29) is 17.7 Å². The molecule has 0 spiro atoms. The van der Waals surface area contributed by atoms with Crippen molar-refractivity contribution in [1.29, 1.82) is 0 Å². The highest BCUT2D eigenvalue weighted by molar-refractivity contribution is 5.98. The predicted octanol–water partition coefficient (Wildman–Crippen LogP) is 3.35. The maximum Gasteiger partial charge on any atom is 0.247 e. The van der Waals surface area contributed by atoms with Crippen molar-refractivity contribution in [2.45, 2.75) is 19.8 Å². The number of hydrogen-bond donors (Lipinski definition) is 3. The van der Waals surface area contributed by atoms with E-state index in [0.29, 0.717) is 35.7 Å². The Morgan fingerprint density at radius 1 is 1.00 bits per heavy atom. The normalized spacial score (nSPS) is 9.93. The Morgan fingerprint density at radius 3 is 2.29 bits per heavy atom. The highest BCUT2D eigenvalue weighted by atomic mass is 16.5. The van der Waals surface area contributed by atoms with Crippen molar-refractivity contribution < 1.29 is 19.1 Å². The largest absolute Gasteiger partial charge is 0.495 e. The fraction of sp³-hybridized carbons (Fsp3) is 0.190. The molecule has 0 saturated carbocycles. The lowest BCUT2D eigenvalue weighted by Crippen LogP contribution is -2.13. The summed E-state index contributed by atoms with van der Waals surface area (Å²) in [4.78, 5) is 34.8. The summed E-state index contributed by atoms with van der Waals surface area (Å²) in [6.45, 7) is 4.80. The van der Waals surface area contributed by atoms with E-state index in [1.165, 1.54) is 20.1 Å². The van der Waals surface area contributed by atoms with E-state index in [9.17, 15) is 14.4 Å². The fourth-order valence-corrected chi connectivity index (χ4v) is 2.50. The van der Waals surface area contributed by atoms with Gasteiger partial charge in [0.1, 0.15) is 5.75 Å². The predicted molar refractivity (Wildman–Crippen MR) is 110 cm³/mol. The summed E-state index contributed by atoms with van der Waals surface area (Å²) < 4.78 is 5.19. The summed E-state index contributed by atoms with van der Waals surface area (Å²) in [5.41, 5.74) is 2.70. The molecular weight excluding hydrogens is 358 g/mol. The Bertz CT molecular complexity index is 876. The molecule has 2 rings (SSSR count). The third kappa shape index (κ3) is 6.28. The third-order valence-electron chi connectivity index (χ3n) is 3.84. The molecule has 2 aromatic carbocycles. The van der Waals surface area contributed by atoms with E-state index in [2.05, 4.69) is 22.5 Å². The summed E-state index contributed by atoms with van der Waals surface area (Å²) in [5.74, 6) is -0.139. The Hall–Kier alpha value is -3.61. The molecule has 0 aliphatic carbocycles. The first-order chi connectivity index (χ1) is 13.4. The van der Waals surface area contributed by atoms with Gasteiger partial charge in [-0.15, -0.1) is 0 Å². The van der Waals surface area contributed by atoms with E-state index in [4.69, 9.17) is 4.74 Å². The zero-order valence-electron chi connectivity index (χ0n) is 15.9. The molecule has 146 valence electrons. The van der Waals surface area contributed by atoms with Crippen LogP contribution in [0, 0.1) is 0 Å². The summed E-state index contributed by atoms with van der Waals surface area (Å²) in [6.07, 6.45) is 2.05. The zero-order valence-corrected chi connectivity index (χ0v) is 15.9. The molecular formula is C21H23N3O4. The van der Waals surface area contributed by atoms with E-state index < -0.39 is 0 Å². The van der Waals surface area contributed by atoms with Crippen LogP contribution in [0.3, 0.4) is 0 Å². The van der Waals surface area contributed by atoms with Gasteiger partial charge in [-0.3, -0.25) is 14.4 Å². The molecule has 7 nitrogen and oxygen atoms in total. The molecule has 28 heavy (non-hydrogen) atoms. The van der Waals surface area contributed by atoms with Crippen molar-refractivity contribution in [3.8, 4) is 5.75 Å². The van der Waals surface area contributed by atoms with Crippen LogP contribution in [0.15, 0.2) is 55.1 Å². The second-order valence-electron chi connectivity index (χ2n) is 6.03. The number of rotatable bonds is 8. The number of amides is 3. The van der Waals surface area contributed by atoms with Gasteiger partial charge in [-0.05, 0) is 48.4 Å². The van der Waals surface area contributed by atoms with Gasteiger partial charge in [-0.1, -0.05) is 18.7 Å². The lowest BCUT2D eigenvalue weighted by atomic mass is 10.1. The molecule has 3 N–H and O–H groups in total. The minimum absolute atomic E-state index is 0.150. The molecule has 0 saturated heterocycles. The molecule has 0 atom stereocenters. The smallest absolute Gasteiger partial charge is 0.247 e. The Kier molecular flexibility index (Phi) is 7.33. The van der Waals surface area contributed by atoms with Crippen LogP contribution in [0.25, 0.3) is 0 Å². The quantitative estimate of drug-likeness (QED) is 0.611. The van der Waals surface area contributed by atoms with Crippen LogP contribution in [0.5, 0.6) is 5.75 Å². The molecule has 3 amide bonds. The minimum Gasteiger partial charge on any atom is -0.495 e. The average molecular weight is 381 g/mol. The van der Waals surface area contributed by atoms with Gasteiger partial charge in [-0.2, -0.15) is 0 Å². The van der Waals surface area contributed by atoms with Crippen molar-refractivity contribution in [3.05, 3.63) is 60.7 Å². The van der Waals surface area contributed by atoms with Gasteiger partial charge in [0.2, 0.25) is 17.7 Å². The first-order valence-electron chi connectivity index (χ1n) is 8.69. The molecule has 0 heterocycles. The average Bonchev–Trinajstić information content (AvgIpc) is 2.67. The lowest BCUT2D eigenvalue weighted by Gasteiger charge is -2.12. The highest BCUT2D eigenvalue weighted by Gasteiger charge is 2.09. The van der Waals surface area contributed by atoms with Gasteiger partial charge in [0, 0.05) is 24.7 Å². The van der Waals surface area contributed by atoms with Gasteiger partial charge in [-0.25, -0.2) is 0 Å². The number of nitrogens with one attached hydrogen (secondary N) is 3. The van der Waals surface area contributed by atoms with E-state index in [0.717, 1.165) is 5.56 Å². The molecule has 7 heteroatoms. The SMILES string of the molecule is C=CC(=O)Nc1ccc(CCC(=O)Nc2ccc(OC)c(NC(C)=O)c2)cc1. The van der Waals surface area contributed by atoms with Crippen molar-refractivity contribution in [1.82, 2.24) is 0 Å². The topological polar surface area (TPSA) is 96.5 Å². The van der Waals surface area contributed by atoms with Crippen LogP contribution >= 0.6 is 0 Å². The summed E-state index contributed by atoms with van der Waals surface area (Å²) in [5, 5.41) is 8.14. The van der Waals surface area contributed by atoms with E-state index in [1.54, 1.807) is 30.3 Å². The number of aryl methyl sites for hydroxylation is 1. The number of ether oxygens (including phenoxy) is 1. The molecule has 0 aliphatic rings. The monoisotopic (exact) mass is 381 g/mol. The standard InChI is InChI=1S/C21H23N3O4/c1-4-20(26)23-16-8-5-15(6-9-16)7-12-21(27)24-17-10-11-19(28-3)18(13-17)22-14(2)25/h4-6,8-11,13H,1,7,12H2,2-3H3,(H,22,25)(H,23,26)(H,24,27). The van der Waals surface area contributed by atoms with Crippen molar-refractivity contribution >= 4 is 34.8 Å². The van der Waals surface area contributed by atoms with Crippen LogP contribution in [0.2, 0.25) is 0 Å². The first-order valence-corrected chi connectivity index (χ1v) is 8.69. The molecule has 0 radical (unpaired) electrons. The number of hydrogen-bond acceptors (Lipinski definition) is 4. The number of carbonyl (C=O) groups excluding carboxylic acids is 3. The van der Waals surface area contributed by atoms with Crippen molar-refractivity contribution in [2.75, 3.05) is 23.1 Å². The molecule has 2 aromatic rings. The number of anilines is 3. The second kappa shape index (κ2) is 9.91. The zero-order chi connectivity index (χ0) is 20.5. The van der Waals surface area contributed by atoms with Crippen LogP contribution in [-0.4, -0.2) is 24.8 Å². The van der Waals surface area contributed by atoms with E-state index in [1.807, 2.05) is 12.1 Å². The number of methoxy groups -OCH3 is 1. The fourth-order valence-electron chi connectivity index (χ4n) is 2.50. The minimum atomic E-state index is -0.273. The van der Waals surface area contributed by atoms with Crippen LogP contribution in [0.4, 0.5) is 17.1 Å². The van der Waals surface area contributed by atoms with Gasteiger partial charge >= 0.3 is 0 Å². The molecule has 0 bridgehead atoms. The lowest BCUT2D eigenvalue weighted by molar-refractivity contribution is -0.116. The van der Waals surface area contributed by atoms with Crippen molar-refractivity contribution in [3.63, 3.8) is 0 Å². The molecule has 0 fully saturated rings. The second-order valence-corrected chi connectivity index (χ2v) is 6.03. The highest BCUT2D eigenvalue weighted by Crippen LogP contribution is 2.28.